The van der Waals surface area contributed by atoms with Crippen LogP contribution in [0.25, 0.3) is 6.08 Å². The first kappa shape index (κ1) is 21.9. The summed E-state index contributed by atoms with van der Waals surface area (Å²) in [4.78, 5) is 12.3. The number of hydrogen-bond donors (Lipinski definition) is 2. The first-order valence-electron chi connectivity index (χ1n) is 10.1. The predicted octanol–water partition coefficient (Wildman–Crippen LogP) is 4.20. The van der Waals surface area contributed by atoms with Crippen LogP contribution in [0.15, 0.2) is 59.5 Å². The molecule has 0 atom stereocenters. The van der Waals surface area contributed by atoms with Crippen molar-refractivity contribution in [3.05, 3.63) is 60.2 Å². The number of amides is 1. The van der Waals surface area contributed by atoms with Crippen LogP contribution in [0.5, 0.6) is 5.75 Å². The summed E-state index contributed by atoms with van der Waals surface area (Å²) in [6, 6.07) is 13.4. The normalized spacial score (nSPS) is 19.4. The summed E-state index contributed by atoms with van der Waals surface area (Å²) < 4.78 is 33.0. The summed E-state index contributed by atoms with van der Waals surface area (Å²) in [7, 11) is -2.27. The van der Waals surface area contributed by atoms with Crippen LogP contribution in [-0.4, -0.2) is 27.5 Å². The second-order valence-corrected chi connectivity index (χ2v) is 9.36. The minimum absolute atomic E-state index is 0.121. The molecule has 1 aliphatic carbocycles. The number of nitrogens with one attached hydrogen (secondary N) is 2. The Morgan fingerprint density at radius 2 is 1.70 bits per heavy atom. The number of methoxy groups -OCH3 is 1. The van der Waals surface area contributed by atoms with Crippen molar-refractivity contribution in [3.8, 4) is 5.75 Å². The van der Waals surface area contributed by atoms with E-state index in [2.05, 4.69) is 17.0 Å². The molecule has 0 aliphatic heterocycles. The number of sulfonamides is 1. The number of carbonyl (C=O) groups excluding carboxylic acids is 1. The predicted molar refractivity (Wildman–Crippen MR) is 119 cm³/mol. The SMILES string of the molecule is COc1ccccc1NS(=O)(=O)c1ccc(/C=C/C(=O)NC2CCC(C)CC2)cc1. The fourth-order valence-corrected chi connectivity index (χ4v) is 4.59. The van der Waals surface area contributed by atoms with Gasteiger partial charge in [-0.3, -0.25) is 9.52 Å². The maximum absolute atomic E-state index is 12.6. The lowest BCUT2D eigenvalue weighted by atomic mass is 9.87. The van der Waals surface area contributed by atoms with E-state index < -0.39 is 10.0 Å². The topological polar surface area (TPSA) is 84.5 Å². The van der Waals surface area contributed by atoms with Gasteiger partial charge in [-0.05, 0) is 67.5 Å². The van der Waals surface area contributed by atoms with Crippen LogP contribution in [-0.2, 0) is 14.8 Å². The molecule has 1 saturated carbocycles. The van der Waals surface area contributed by atoms with E-state index in [0.717, 1.165) is 37.2 Å². The molecule has 160 valence electrons. The van der Waals surface area contributed by atoms with Crippen LogP contribution in [0.3, 0.4) is 0 Å². The maximum atomic E-state index is 12.6. The quantitative estimate of drug-likeness (QED) is 0.647. The summed E-state index contributed by atoms with van der Waals surface area (Å²) in [5, 5.41) is 3.04. The second kappa shape index (κ2) is 9.80. The number of hydrogen-bond acceptors (Lipinski definition) is 4. The number of carbonyl (C=O) groups is 1. The van der Waals surface area contributed by atoms with Gasteiger partial charge in [-0.25, -0.2) is 8.42 Å². The standard InChI is InChI=1S/C23H28N2O4S/c1-17-7-12-19(13-8-17)24-23(26)16-11-18-9-14-20(15-10-18)30(27,28)25-21-5-3-4-6-22(21)29-2/h3-6,9-11,14-17,19,25H,7-8,12-13H2,1-2H3,(H,24,26)/b16-11+. The molecule has 0 bridgehead atoms. The highest BCUT2D eigenvalue weighted by molar-refractivity contribution is 7.92. The van der Waals surface area contributed by atoms with Crippen molar-refractivity contribution in [2.24, 2.45) is 5.92 Å². The molecule has 2 aromatic carbocycles. The van der Waals surface area contributed by atoms with Crippen molar-refractivity contribution in [2.45, 2.75) is 43.5 Å². The number of benzene rings is 2. The highest BCUT2D eigenvalue weighted by Crippen LogP contribution is 2.26. The monoisotopic (exact) mass is 428 g/mol. The molecule has 3 rings (SSSR count). The third-order valence-corrected chi connectivity index (χ3v) is 6.71. The summed E-state index contributed by atoms with van der Waals surface area (Å²) >= 11 is 0. The second-order valence-electron chi connectivity index (χ2n) is 7.67. The van der Waals surface area contributed by atoms with Crippen molar-refractivity contribution < 1.29 is 17.9 Å². The highest BCUT2D eigenvalue weighted by atomic mass is 32.2. The van der Waals surface area contributed by atoms with Gasteiger partial charge in [-0.15, -0.1) is 0 Å². The van der Waals surface area contributed by atoms with Gasteiger partial charge in [-0.1, -0.05) is 31.2 Å². The van der Waals surface area contributed by atoms with Crippen LogP contribution < -0.4 is 14.8 Å². The summed E-state index contributed by atoms with van der Waals surface area (Å²) in [6.45, 7) is 2.24. The lowest BCUT2D eigenvalue weighted by molar-refractivity contribution is -0.117. The molecule has 1 aliphatic rings. The van der Waals surface area contributed by atoms with Gasteiger partial charge in [0, 0.05) is 12.1 Å². The molecular formula is C23H28N2O4S. The Balaban J connectivity index is 1.61. The average Bonchev–Trinajstić information content (AvgIpc) is 2.74. The van der Waals surface area contributed by atoms with Crippen LogP contribution in [0.2, 0.25) is 0 Å². The minimum atomic E-state index is -3.75. The molecule has 1 amide bonds. The molecule has 6 nitrogen and oxygen atoms in total. The van der Waals surface area contributed by atoms with E-state index >= 15 is 0 Å². The van der Waals surface area contributed by atoms with Gasteiger partial charge in [0.25, 0.3) is 10.0 Å². The molecule has 0 radical (unpaired) electrons. The Morgan fingerprint density at radius 3 is 2.37 bits per heavy atom. The molecule has 2 aromatic rings. The lowest BCUT2D eigenvalue weighted by Gasteiger charge is -2.26. The van der Waals surface area contributed by atoms with E-state index in [1.807, 2.05) is 0 Å². The average molecular weight is 429 g/mol. The first-order chi connectivity index (χ1) is 14.4. The molecule has 2 N–H and O–H groups in total. The Bertz CT molecular complexity index is 992. The Kier molecular flexibility index (Phi) is 7.15. The Hall–Kier alpha value is -2.80. The first-order valence-corrected chi connectivity index (χ1v) is 11.6. The fraction of sp³-hybridized carbons (Fsp3) is 0.348. The molecule has 1 fully saturated rings. The lowest BCUT2D eigenvalue weighted by Crippen LogP contribution is -2.36. The van der Waals surface area contributed by atoms with Gasteiger partial charge in [-0.2, -0.15) is 0 Å². The largest absolute Gasteiger partial charge is 0.495 e. The third kappa shape index (κ3) is 5.86. The summed E-state index contributed by atoms with van der Waals surface area (Å²) in [5.41, 5.74) is 1.12. The number of rotatable bonds is 7. The Labute approximate surface area is 178 Å². The van der Waals surface area contributed by atoms with Gasteiger partial charge < -0.3 is 10.1 Å². The molecule has 0 unspecified atom stereocenters. The number of ether oxygens (including phenoxy) is 1. The zero-order valence-electron chi connectivity index (χ0n) is 17.3. The third-order valence-electron chi connectivity index (χ3n) is 5.33. The van der Waals surface area contributed by atoms with Crippen LogP contribution >= 0.6 is 0 Å². The van der Waals surface area contributed by atoms with Crippen molar-refractivity contribution in [1.29, 1.82) is 0 Å². The number of anilines is 1. The highest BCUT2D eigenvalue weighted by Gasteiger charge is 2.19. The van der Waals surface area contributed by atoms with E-state index in [1.165, 1.54) is 25.3 Å². The summed E-state index contributed by atoms with van der Waals surface area (Å²) in [6.07, 6.45) is 7.51. The van der Waals surface area contributed by atoms with Crippen LogP contribution in [0.1, 0.15) is 38.2 Å². The molecule has 0 aromatic heterocycles. The minimum Gasteiger partial charge on any atom is -0.495 e. The molecular weight excluding hydrogens is 400 g/mol. The van der Waals surface area contributed by atoms with Crippen molar-refractivity contribution >= 4 is 27.7 Å². The van der Waals surface area contributed by atoms with E-state index in [4.69, 9.17) is 4.74 Å². The van der Waals surface area contributed by atoms with Gasteiger partial charge in [0.05, 0.1) is 17.7 Å². The van der Waals surface area contributed by atoms with Gasteiger partial charge >= 0.3 is 0 Å². The summed E-state index contributed by atoms with van der Waals surface area (Å²) in [5.74, 6) is 1.06. The fourth-order valence-electron chi connectivity index (χ4n) is 3.52. The molecule has 30 heavy (non-hydrogen) atoms. The molecule has 0 heterocycles. The zero-order chi connectivity index (χ0) is 21.6. The van der Waals surface area contributed by atoms with Crippen molar-refractivity contribution in [1.82, 2.24) is 5.32 Å². The van der Waals surface area contributed by atoms with Crippen LogP contribution in [0.4, 0.5) is 5.69 Å². The van der Waals surface area contributed by atoms with E-state index in [-0.39, 0.29) is 16.8 Å². The molecule has 0 spiro atoms. The zero-order valence-corrected chi connectivity index (χ0v) is 18.1. The van der Waals surface area contributed by atoms with Gasteiger partial charge in [0.2, 0.25) is 5.91 Å². The maximum Gasteiger partial charge on any atom is 0.262 e. The molecule has 7 heteroatoms. The van der Waals surface area contributed by atoms with Crippen molar-refractivity contribution in [2.75, 3.05) is 11.8 Å². The smallest absolute Gasteiger partial charge is 0.262 e. The Morgan fingerprint density at radius 1 is 1.03 bits per heavy atom. The molecule has 0 saturated heterocycles. The van der Waals surface area contributed by atoms with E-state index in [0.29, 0.717) is 11.4 Å². The van der Waals surface area contributed by atoms with Crippen molar-refractivity contribution in [3.63, 3.8) is 0 Å². The van der Waals surface area contributed by atoms with Gasteiger partial charge in [0.15, 0.2) is 0 Å². The van der Waals surface area contributed by atoms with E-state index in [9.17, 15) is 13.2 Å². The number of para-hydroxylation sites is 2. The van der Waals surface area contributed by atoms with Crippen LogP contribution in [0, 0.1) is 5.92 Å². The van der Waals surface area contributed by atoms with Gasteiger partial charge in [0.1, 0.15) is 5.75 Å². The van der Waals surface area contributed by atoms with E-state index in [1.54, 1.807) is 42.5 Å².